The van der Waals surface area contributed by atoms with Gasteiger partial charge in [0, 0.05) is 11.6 Å². The second kappa shape index (κ2) is 6.16. The second-order valence-corrected chi connectivity index (χ2v) is 5.97. The van der Waals surface area contributed by atoms with E-state index in [0.717, 1.165) is 4.34 Å². The van der Waals surface area contributed by atoms with Crippen molar-refractivity contribution in [2.45, 2.75) is 25.1 Å². The molecule has 0 fully saturated rings. The fourth-order valence-corrected chi connectivity index (χ4v) is 2.74. The Morgan fingerprint density at radius 1 is 1.53 bits per heavy atom. The summed E-state index contributed by atoms with van der Waals surface area (Å²) in [6.07, 6.45) is 1.69. The van der Waals surface area contributed by atoms with Crippen LogP contribution in [0.15, 0.2) is 15.9 Å². The average molecular weight is 273 g/mol. The van der Waals surface area contributed by atoms with Gasteiger partial charge in [-0.3, -0.25) is 9.59 Å². The summed E-state index contributed by atoms with van der Waals surface area (Å²) in [7, 11) is 0. The molecule has 0 saturated heterocycles. The van der Waals surface area contributed by atoms with Crippen LogP contribution in [-0.2, 0) is 14.3 Å². The zero-order chi connectivity index (χ0) is 12.9. The monoisotopic (exact) mass is 273 g/mol. The molecule has 1 rings (SSSR count). The van der Waals surface area contributed by atoms with Gasteiger partial charge in [-0.2, -0.15) is 0 Å². The Labute approximate surface area is 109 Å². The summed E-state index contributed by atoms with van der Waals surface area (Å²) in [4.78, 5) is 27.6. The number of hydrogen-bond acceptors (Lipinski definition) is 6. The summed E-state index contributed by atoms with van der Waals surface area (Å²) in [6, 6.07) is 0. The summed E-state index contributed by atoms with van der Waals surface area (Å²) in [5, 5.41) is 1.85. The Hall–Kier alpha value is -0.880. The highest BCUT2D eigenvalue weighted by Crippen LogP contribution is 2.26. The molecule has 0 N–H and O–H groups in total. The van der Waals surface area contributed by atoms with Crippen LogP contribution in [0, 0.1) is 5.41 Å². The smallest absolute Gasteiger partial charge is 0.319 e. The lowest BCUT2D eigenvalue weighted by molar-refractivity contribution is -0.157. The lowest BCUT2D eigenvalue weighted by atomic mass is 9.89. The molecule has 0 aliphatic carbocycles. The minimum atomic E-state index is -1.08. The van der Waals surface area contributed by atoms with E-state index in [4.69, 9.17) is 4.74 Å². The van der Waals surface area contributed by atoms with Crippen LogP contribution in [0.3, 0.4) is 0 Å². The van der Waals surface area contributed by atoms with Crippen molar-refractivity contribution >= 4 is 34.9 Å². The molecule has 17 heavy (non-hydrogen) atoms. The summed E-state index contributed by atoms with van der Waals surface area (Å²) < 4.78 is 5.71. The molecule has 0 aromatic carbocycles. The van der Waals surface area contributed by atoms with Gasteiger partial charge in [0.05, 0.1) is 12.4 Å². The lowest BCUT2D eigenvalue weighted by Crippen LogP contribution is -2.36. The number of thiazole rings is 1. The van der Waals surface area contributed by atoms with Crippen molar-refractivity contribution in [3.05, 3.63) is 11.6 Å². The van der Waals surface area contributed by atoms with Gasteiger partial charge in [-0.15, -0.1) is 11.3 Å². The van der Waals surface area contributed by atoms with Crippen molar-refractivity contribution in [2.24, 2.45) is 5.41 Å². The van der Waals surface area contributed by atoms with Crippen molar-refractivity contribution in [2.75, 3.05) is 12.4 Å². The molecule has 1 aromatic heterocycles. The number of ether oxygens (including phenoxy) is 1. The number of rotatable bonds is 6. The third-order valence-electron chi connectivity index (χ3n) is 2.22. The Balaban J connectivity index is 2.53. The first-order valence-corrected chi connectivity index (χ1v) is 7.07. The summed E-state index contributed by atoms with van der Waals surface area (Å²) in [6.45, 7) is 5.20. The van der Waals surface area contributed by atoms with Crippen molar-refractivity contribution in [3.63, 3.8) is 0 Å². The van der Waals surface area contributed by atoms with Crippen LogP contribution in [-0.4, -0.2) is 29.1 Å². The maximum Gasteiger partial charge on any atom is 0.319 e. The largest absolute Gasteiger partial charge is 0.465 e. The number of thioether (sulfide) groups is 1. The molecule has 4 nitrogen and oxygen atoms in total. The van der Waals surface area contributed by atoms with E-state index in [-0.39, 0.29) is 18.1 Å². The number of esters is 1. The molecule has 0 radical (unpaired) electrons. The Morgan fingerprint density at radius 3 is 2.76 bits per heavy atom. The average Bonchev–Trinajstić information content (AvgIpc) is 2.78. The first-order valence-electron chi connectivity index (χ1n) is 5.21. The molecule has 0 saturated carbocycles. The third-order valence-corrected chi connectivity index (χ3v) is 4.19. The first kappa shape index (κ1) is 14.2. The predicted octanol–water partition coefficient (Wildman–Crippen LogP) is 2.39. The molecular formula is C11H15NO3S2. The van der Waals surface area contributed by atoms with Crippen molar-refractivity contribution in [3.8, 4) is 0 Å². The SMILES string of the molecule is CCOC(=O)C(C)(C)C(=O)CSc1nccs1. The van der Waals surface area contributed by atoms with E-state index < -0.39 is 11.4 Å². The van der Waals surface area contributed by atoms with Crippen molar-refractivity contribution < 1.29 is 14.3 Å². The van der Waals surface area contributed by atoms with Gasteiger partial charge in [0.2, 0.25) is 0 Å². The van der Waals surface area contributed by atoms with E-state index in [0.29, 0.717) is 0 Å². The Bertz CT molecular complexity index is 387. The summed E-state index contributed by atoms with van der Waals surface area (Å²) >= 11 is 2.83. The molecule has 94 valence electrons. The minimum absolute atomic E-state index is 0.142. The molecule has 0 atom stereocenters. The summed E-state index contributed by atoms with van der Waals surface area (Å²) in [5.41, 5.74) is -1.08. The molecule has 1 aromatic rings. The zero-order valence-corrected chi connectivity index (χ0v) is 11.7. The lowest BCUT2D eigenvalue weighted by Gasteiger charge is -2.20. The number of carbonyl (C=O) groups excluding carboxylic acids is 2. The normalized spacial score (nSPS) is 11.2. The number of carbonyl (C=O) groups is 2. The van der Waals surface area contributed by atoms with Crippen LogP contribution in [0.1, 0.15) is 20.8 Å². The van der Waals surface area contributed by atoms with Gasteiger partial charge in [0.1, 0.15) is 9.75 Å². The van der Waals surface area contributed by atoms with Gasteiger partial charge in [-0.1, -0.05) is 11.8 Å². The van der Waals surface area contributed by atoms with E-state index >= 15 is 0 Å². The molecule has 0 unspecified atom stereocenters. The quantitative estimate of drug-likeness (QED) is 0.452. The van der Waals surface area contributed by atoms with Crippen molar-refractivity contribution in [1.82, 2.24) is 4.98 Å². The highest BCUT2D eigenvalue weighted by molar-refractivity contribution is 8.01. The molecule has 6 heteroatoms. The predicted molar refractivity (Wildman–Crippen MR) is 68.3 cm³/mol. The van der Waals surface area contributed by atoms with Gasteiger partial charge in [-0.25, -0.2) is 4.98 Å². The highest BCUT2D eigenvalue weighted by Gasteiger charge is 2.36. The van der Waals surface area contributed by atoms with E-state index in [1.807, 2.05) is 5.38 Å². The number of Topliss-reactive ketones (excluding diaryl/α,β-unsaturated/α-hetero) is 1. The molecule has 0 aliphatic heterocycles. The molecular weight excluding hydrogens is 258 g/mol. The standard InChI is InChI=1S/C11H15NO3S2/c1-4-15-9(14)11(2,3)8(13)7-17-10-12-5-6-16-10/h5-6H,4,7H2,1-3H3. The topological polar surface area (TPSA) is 56.3 Å². The molecule has 0 amide bonds. The van der Waals surface area contributed by atoms with Crippen LogP contribution < -0.4 is 0 Å². The Kier molecular flexibility index (Phi) is 5.14. The maximum atomic E-state index is 11.9. The van der Waals surface area contributed by atoms with Crippen LogP contribution in [0.5, 0.6) is 0 Å². The number of nitrogens with zero attached hydrogens (tertiary/aromatic N) is 1. The second-order valence-electron chi connectivity index (χ2n) is 3.86. The van der Waals surface area contributed by atoms with Crippen LogP contribution in [0.2, 0.25) is 0 Å². The van der Waals surface area contributed by atoms with Gasteiger partial charge in [0.25, 0.3) is 0 Å². The third kappa shape index (κ3) is 3.81. The van der Waals surface area contributed by atoms with E-state index in [2.05, 4.69) is 4.98 Å². The molecule has 0 aliphatic rings. The molecule has 0 bridgehead atoms. The van der Waals surface area contributed by atoms with E-state index in [1.54, 1.807) is 27.0 Å². The number of hydrogen-bond donors (Lipinski definition) is 0. The maximum absolute atomic E-state index is 11.9. The molecule has 1 heterocycles. The van der Waals surface area contributed by atoms with E-state index in [1.165, 1.54) is 23.1 Å². The van der Waals surface area contributed by atoms with E-state index in [9.17, 15) is 9.59 Å². The number of aromatic nitrogens is 1. The fraction of sp³-hybridized carbons (Fsp3) is 0.545. The van der Waals surface area contributed by atoms with Crippen LogP contribution >= 0.6 is 23.1 Å². The first-order chi connectivity index (χ1) is 7.98. The Morgan fingerprint density at radius 2 is 2.24 bits per heavy atom. The molecule has 0 spiro atoms. The zero-order valence-electron chi connectivity index (χ0n) is 10.1. The van der Waals surface area contributed by atoms with Gasteiger partial charge in [-0.05, 0) is 20.8 Å². The van der Waals surface area contributed by atoms with Crippen LogP contribution in [0.25, 0.3) is 0 Å². The van der Waals surface area contributed by atoms with Gasteiger partial charge < -0.3 is 4.74 Å². The van der Waals surface area contributed by atoms with Crippen molar-refractivity contribution in [1.29, 1.82) is 0 Å². The number of ketones is 1. The van der Waals surface area contributed by atoms with Gasteiger partial charge >= 0.3 is 5.97 Å². The summed E-state index contributed by atoms with van der Waals surface area (Å²) in [5.74, 6) is -0.375. The fourth-order valence-electron chi connectivity index (χ4n) is 1.01. The highest BCUT2D eigenvalue weighted by atomic mass is 32.2. The van der Waals surface area contributed by atoms with Crippen LogP contribution in [0.4, 0.5) is 0 Å². The van der Waals surface area contributed by atoms with Gasteiger partial charge in [0.15, 0.2) is 5.78 Å². The minimum Gasteiger partial charge on any atom is -0.465 e.